The lowest BCUT2D eigenvalue weighted by atomic mass is 10.3. The van der Waals surface area contributed by atoms with E-state index in [2.05, 4.69) is 10.5 Å². The summed E-state index contributed by atoms with van der Waals surface area (Å²) in [5, 5.41) is 6.53. The van der Waals surface area contributed by atoms with Crippen molar-refractivity contribution in [3.63, 3.8) is 0 Å². The predicted molar refractivity (Wildman–Crippen MR) is 81.8 cm³/mol. The molecule has 0 bridgehead atoms. The number of anilines is 1. The molecule has 0 fully saturated rings. The van der Waals surface area contributed by atoms with Crippen molar-refractivity contribution in [1.29, 1.82) is 0 Å². The van der Waals surface area contributed by atoms with Gasteiger partial charge in [-0.1, -0.05) is 17.3 Å². The molecule has 114 valence electrons. The third-order valence-corrected chi connectivity index (χ3v) is 3.65. The number of para-hydroxylation sites is 2. The molecule has 0 saturated carbocycles. The lowest BCUT2D eigenvalue weighted by Gasteiger charge is -2.05. The highest BCUT2D eigenvalue weighted by Crippen LogP contribution is 2.19. The van der Waals surface area contributed by atoms with Gasteiger partial charge in [0, 0.05) is 7.05 Å². The van der Waals surface area contributed by atoms with Crippen LogP contribution in [0.4, 0.5) is 5.69 Å². The molecule has 1 N–H and O–H groups in total. The van der Waals surface area contributed by atoms with Crippen molar-refractivity contribution in [3.05, 3.63) is 46.2 Å². The van der Waals surface area contributed by atoms with Gasteiger partial charge in [0.05, 0.1) is 11.0 Å². The molecule has 0 aliphatic carbocycles. The summed E-state index contributed by atoms with van der Waals surface area (Å²) in [7, 11) is 1.69. The van der Waals surface area contributed by atoms with Gasteiger partial charge in [-0.3, -0.25) is 13.9 Å². The molecule has 2 aromatic heterocycles. The molecule has 1 amide bonds. The smallest absolute Gasteiger partial charge is 0.329 e. The number of rotatable bonds is 3. The van der Waals surface area contributed by atoms with E-state index in [1.54, 1.807) is 20.9 Å². The topological polar surface area (TPSA) is 82.1 Å². The summed E-state index contributed by atoms with van der Waals surface area (Å²) in [5.74, 6) is 0.240. The van der Waals surface area contributed by atoms with Crippen molar-refractivity contribution in [2.24, 2.45) is 7.05 Å². The maximum absolute atomic E-state index is 12.3. The second-order valence-corrected chi connectivity index (χ2v) is 5.16. The van der Waals surface area contributed by atoms with E-state index in [-0.39, 0.29) is 18.1 Å². The lowest BCUT2D eigenvalue weighted by molar-refractivity contribution is -0.116. The molecular weight excluding hydrogens is 284 g/mol. The fourth-order valence-electron chi connectivity index (χ4n) is 2.50. The molecule has 3 rings (SSSR count). The van der Waals surface area contributed by atoms with Crippen molar-refractivity contribution in [3.8, 4) is 0 Å². The summed E-state index contributed by atoms with van der Waals surface area (Å²) in [6.45, 7) is 3.40. The first kappa shape index (κ1) is 14.1. The Balaban J connectivity index is 1.92. The predicted octanol–water partition coefficient (Wildman–Crippen LogP) is 1.58. The average Bonchev–Trinajstić information content (AvgIpc) is 2.94. The van der Waals surface area contributed by atoms with Crippen LogP contribution < -0.4 is 11.0 Å². The monoisotopic (exact) mass is 300 g/mol. The number of imidazole rings is 1. The summed E-state index contributed by atoms with van der Waals surface area (Å²) < 4.78 is 7.98. The van der Waals surface area contributed by atoms with Crippen LogP contribution in [0.15, 0.2) is 33.6 Å². The minimum Gasteiger partial charge on any atom is -0.359 e. The Morgan fingerprint density at radius 2 is 1.95 bits per heavy atom. The normalized spacial score (nSPS) is 11.0. The molecule has 7 nitrogen and oxygen atoms in total. The Hall–Kier alpha value is -2.83. The van der Waals surface area contributed by atoms with Crippen LogP contribution in [-0.4, -0.2) is 20.2 Å². The second-order valence-electron chi connectivity index (χ2n) is 5.16. The maximum atomic E-state index is 12.3. The molecule has 0 radical (unpaired) electrons. The summed E-state index contributed by atoms with van der Waals surface area (Å²) in [4.78, 5) is 24.5. The second kappa shape index (κ2) is 5.18. The molecule has 0 aliphatic rings. The zero-order chi connectivity index (χ0) is 15.9. The van der Waals surface area contributed by atoms with Gasteiger partial charge in [-0.2, -0.15) is 0 Å². The van der Waals surface area contributed by atoms with Crippen LogP contribution in [0.3, 0.4) is 0 Å². The summed E-state index contributed by atoms with van der Waals surface area (Å²) in [6, 6.07) is 7.36. The molecular formula is C15H16N4O3. The number of nitrogens with zero attached hydrogens (tertiary/aromatic N) is 3. The van der Waals surface area contributed by atoms with Gasteiger partial charge >= 0.3 is 5.69 Å². The third kappa shape index (κ3) is 2.20. The largest absolute Gasteiger partial charge is 0.359 e. The number of fused-ring (bicyclic) bond motifs is 1. The number of hydrogen-bond acceptors (Lipinski definition) is 4. The Bertz CT molecular complexity index is 897. The van der Waals surface area contributed by atoms with Crippen LogP contribution in [0.1, 0.15) is 11.5 Å². The number of hydrogen-bond donors (Lipinski definition) is 1. The molecule has 0 aliphatic heterocycles. The summed E-state index contributed by atoms with van der Waals surface area (Å²) in [5.41, 5.74) is 2.45. The van der Waals surface area contributed by atoms with Gasteiger partial charge in [-0.05, 0) is 26.0 Å². The molecule has 3 aromatic rings. The fourth-order valence-corrected chi connectivity index (χ4v) is 2.50. The number of benzene rings is 1. The van der Waals surface area contributed by atoms with Gasteiger partial charge in [0.15, 0.2) is 5.76 Å². The minimum atomic E-state index is -0.298. The third-order valence-electron chi connectivity index (χ3n) is 3.65. The fraction of sp³-hybridized carbons (Fsp3) is 0.267. The van der Waals surface area contributed by atoms with Gasteiger partial charge < -0.3 is 9.84 Å². The Labute approximate surface area is 126 Å². The van der Waals surface area contributed by atoms with Gasteiger partial charge in [0.2, 0.25) is 5.91 Å². The van der Waals surface area contributed by atoms with E-state index in [9.17, 15) is 9.59 Å². The molecule has 1 aromatic carbocycles. The molecule has 22 heavy (non-hydrogen) atoms. The van der Waals surface area contributed by atoms with Gasteiger partial charge in [0.1, 0.15) is 17.9 Å². The quantitative estimate of drug-likeness (QED) is 0.796. The van der Waals surface area contributed by atoms with Crippen molar-refractivity contribution >= 4 is 22.6 Å². The standard InChI is InChI=1S/C15H16N4O3/c1-9-14(10(2)22-17-9)16-13(20)8-19-12-7-5-4-6-11(12)18(3)15(19)21/h4-7H,8H2,1-3H3,(H,16,20). The van der Waals surface area contributed by atoms with Crippen molar-refractivity contribution in [1.82, 2.24) is 14.3 Å². The van der Waals surface area contributed by atoms with Crippen molar-refractivity contribution in [2.45, 2.75) is 20.4 Å². The van der Waals surface area contributed by atoms with Crippen LogP contribution >= 0.6 is 0 Å². The van der Waals surface area contributed by atoms with E-state index in [0.29, 0.717) is 17.1 Å². The van der Waals surface area contributed by atoms with E-state index in [1.165, 1.54) is 9.13 Å². The van der Waals surface area contributed by atoms with E-state index in [1.807, 2.05) is 24.3 Å². The van der Waals surface area contributed by atoms with Crippen molar-refractivity contribution < 1.29 is 9.32 Å². The molecule has 0 spiro atoms. The first-order chi connectivity index (χ1) is 10.5. The van der Waals surface area contributed by atoms with Gasteiger partial charge in [0.25, 0.3) is 0 Å². The zero-order valence-corrected chi connectivity index (χ0v) is 12.6. The molecule has 7 heteroatoms. The van der Waals surface area contributed by atoms with Crippen LogP contribution in [0.25, 0.3) is 11.0 Å². The van der Waals surface area contributed by atoms with Crippen LogP contribution in [0.5, 0.6) is 0 Å². The summed E-state index contributed by atoms with van der Waals surface area (Å²) in [6.07, 6.45) is 0. The van der Waals surface area contributed by atoms with Crippen LogP contribution in [-0.2, 0) is 18.4 Å². The lowest BCUT2D eigenvalue weighted by Crippen LogP contribution is -2.28. The van der Waals surface area contributed by atoms with E-state index >= 15 is 0 Å². The van der Waals surface area contributed by atoms with Crippen LogP contribution in [0, 0.1) is 13.8 Å². The maximum Gasteiger partial charge on any atom is 0.329 e. The number of carbonyl (C=O) groups is 1. The summed E-state index contributed by atoms with van der Waals surface area (Å²) >= 11 is 0. The Morgan fingerprint density at radius 3 is 2.59 bits per heavy atom. The van der Waals surface area contributed by atoms with Crippen LogP contribution in [0.2, 0.25) is 0 Å². The zero-order valence-electron chi connectivity index (χ0n) is 12.6. The highest BCUT2D eigenvalue weighted by Gasteiger charge is 2.16. The highest BCUT2D eigenvalue weighted by atomic mass is 16.5. The van der Waals surface area contributed by atoms with Gasteiger partial charge in [-0.15, -0.1) is 0 Å². The SMILES string of the molecule is Cc1noc(C)c1NC(=O)Cn1c(=O)n(C)c2ccccc21. The van der Waals surface area contributed by atoms with Gasteiger partial charge in [-0.25, -0.2) is 4.79 Å². The number of aryl methyl sites for hydroxylation is 3. The molecule has 0 saturated heterocycles. The number of carbonyl (C=O) groups excluding carboxylic acids is 1. The first-order valence-corrected chi connectivity index (χ1v) is 6.86. The Kier molecular flexibility index (Phi) is 3.32. The number of aromatic nitrogens is 3. The average molecular weight is 300 g/mol. The minimum absolute atomic E-state index is 0.0652. The Morgan fingerprint density at radius 1 is 1.27 bits per heavy atom. The van der Waals surface area contributed by atoms with E-state index in [0.717, 1.165) is 11.0 Å². The highest BCUT2D eigenvalue weighted by molar-refractivity contribution is 5.92. The molecule has 0 unspecified atom stereocenters. The number of amides is 1. The molecule has 0 atom stereocenters. The number of nitrogens with one attached hydrogen (secondary N) is 1. The van der Waals surface area contributed by atoms with Crippen molar-refractivity contribution in [2.75, 3.05) is 5.32 Å². The molecule has 2 heterocycles. The van der Waals surface area contributed by atoms with E-state index < -0.39 is 0 Å². The first-order valence-electron chi connectivity index (χ1n) is 6.86. The van der Waals surface area contributed by atoms with E-state index in [4.69, 9.17) is 4.52 Å².